The molecule has 2 aromatic rings. The fourth-order valence-electron chi connectivity index (χ4n) is 4.29. The number of benzene rings is 1. The lowest BCUT2D eigenvalue weighted by atomic mass is 9.83. The molecule has 0 saturated heterocycles. The van der Waals surface area contributed by atoms with Gasteiger partial charge in [-0.05, 0) is 63.3 Å². The predicted molar refractivity (Wildman–Crippen MR) is 121 cm³/mol. The highest BCUT2D eigenvalue weighted by atomic mass is 32.1. The van der Waals surface area contributed by atoms with Crippen LogP contribution in [-0.4, -0.2) is 22.4 Å². The van der Waals surface area contributed by atoms with E-state index in [-0.39, 0.29) is 6.04 Å². The zero-order valence-electron chi connectivity index (χ0n) is 17.9. The second kappa shape index (κ2) is 7.99. The van der Waals surface area contributed by atoms with Gasteiger partial charge in [0.05, 0.1) is 16.3 Å². The van der Waals surface area contributed by atoms with E-state index in [0.29, 0.717) is 16.5 Å². The topological polar surface area (TPSA) is 37.6 Å². The molecule has 0 radical (unpaired) electrons. The van der Waals surface area contributed by atoms with Crippen molar-refractivity contribution in [2.75, 3.05) is 0 Å². The van der Waals surface area contributed by atoms with Crippen LogP contribution in [0.4, 0.5) is 8.78 Å². The van der Waals surface area contributed by atoms with Gasteiger partial charge in [0, 0.05) is 28.6 Å². The summed E-state index contributed by atoms with van der Waals surface area (Å²) >= 11 is 1.42. The minimum Gasteiger partial charge on any atom is -0.275 e. The fraction of sp³-hybridized carbons (Fsp3) is 0.375. The molecule has 1 atom stereocenters. The van der Waals surface area contributed by atoms with Crippen LogP contribution < -0.4 is 0 Å². The molecule has 1 unspecified atom stereocenters. The zero-order chi connectivity index (χ0) is 21.6. The van der Waals surface area contributed by atoms with Crippen molar-refractivity contribution in [3.63, 3.8) is 0 Å². The average Bonchev–Trinajstić information content (AvgIpc) is 3.21. The molecule has 1 aromatic heterocycles. The van der Waals surface area contributed by atoms with Gasteiger partial charge in [0.15, 0.2) is 0 Å². The quantitative estimate of drug-likeness (QED) is 0.520. The molecule has 1 aromatic carbocycles. The third-order valence-corrected chi connectivity index (χ3v) is 7.06. The van der Waals surface area contributed by atoms with Crippen LogP contribution in [0.15, 0.2) is 45.5 Å². The summed E-state index contributed by atoms with van der Waals surface area (Å²) in [6.07, 6.45) is 4.29. The van der Waals surface area contributed by atoms with E-state index in [1.807, 2.05) is 20.8 Å². The first kappa shape index (κ1) is 20.8. The largest absolute Gasteiger partial charge is 0.275 e. The summed E-state index contributed by atoms with van der Waals surface area (Å²) in [5.74, 6) is -0.741. The molecule has 2 aliphatic rings. The third-order valence-electron chi connectivity index (χ3n) is 5.83. The van der Waals surface area contributed by atoms with Crippen LogP contribution >= 0.6 is 11.3 Å². The van der Waals surface area contributed by atoms with Gasteiger partial charge in [0.25, 0.3) is 0 Å². The summed E-state index contributed by atoms with van der Waals surface area (Å²) in [6, 6.07) is 3.46. The van der Waals surface area contributed by atoms with Crippen LogP contribution in [0.3, 0.4) is 0 Å². The number of thiazole rings is 1. The molecule has 0 fully saturated rings. The third kappa shape index (κ3) is 3.47. The van der Waals surface area contributed by atoms with E-state index in [1.165, 1.54) is 29.0 Å². The summed E-state index contributed by atoms with van der Waals surface area (Å²) in [5.41, 5.74) is 6.42. The second-order valence-corrected chi connectivity index (χ2v) is 8.84. The second-order valence-electron chi connectivity index (χ2n) is 7.84. The standard InChI is InChI=1S/C24H25F2N3S/c1-6-15(7-2)18-10-12(3)27-22-20(13(4)28-21(18)22)23-14(5)29-24(30-23)17-9-8-16(25)11-19(17)26/h8-11,15,22H,6-7H2,1-5H3. The van der Waals surface area contributed by atoms with E-state index >= 15 is 0 Å². The smallest absolute Gasteiger partial charge is 0.136 e. The van der Waals surface area contributed by atoms with Crippen molar-refractivity contribution < 1.29 is 8.78 Å². The molecule has 0 spiro atoms. The Morgan fingerprint density at radius 3 is 2.50 bits per heavy atom. The number of hydrogen-bond acceptors (Lipinski definition) is 4. The highest BCUT2D eigenvalue weighted by Gasteiger charge is 2.36. The molecule has 0 bridgehead atoms. The first-order valence-electron chi connectivity index (χ1n) is 10.3. The maximum Gasteiger partial charge on any atom is 0.136 e. The summed E-state index contributed by atoms with van der Waals surface area (Å²) in [4.78, 5) is 15.4. The Hall–Kier alpha value is -2.47. The van der Waals surface area contributed by atoms with Crippen molar-refractivity contribution in [3.8, 4) is 10.6 Å². The summed E-state index contributed by atoms with van der Waals surface area (Å²) < 4.78 is 27.7. The Bertz CT molecular complexity index is 1130. The molecule has 0 amide bonds. The first-order chi connectivity index (χ1) is 14.3. The van der Waals surface area contributed by atoms with Crippen LogP contribution in [0.25, 0.3) is 16.1 Å². The number of aromatic nitrogens is 1. The van der Waals surface area contributed by atoms with Gasteiger partial charge < -0.3 is 0 Å². The van der Waals surface area contributed by atoms with Gasteiger partial charge in [-0.3, -0.25) is 9.98 Å². The first-order valence-corrected chi connectivity index (χ1v) is 11.1. The summed E-state index contributed by atoms with van der Waals surface area (Å²) in [6.45, 7) is 10.4. The van der Waals surface area contributed by atoms with Crippen molar-refractivity contribution in [2.24, 2.45) is 15.9 Å². The highest BCUT2D eigenvalue weighted by molar-refractivity contribution is 7.16. The molecule has 2 aliphatic heterocycles. The van der Waals surface area contributed by atoms with E-state index < -0.39 is 11.6 Å². The van der Waals surface area contributed by atoms with Gasteiger partial charge in [-0.2, -0.15) is 0 Å². The van der Waals surface area contributed by atoms with Crippen molar-refractivity contribution in [1.82, 2.24) is 4.98 Å². The van der Waals surface area contributed by atoms with Gasteiger partial charge in [-0.1, -0.05) is 13.8 Å². The van der Waals surface area contributed by atoms with Crippen molar-refractivity contribution in [2.45, 2.75) is 53.5 Å². The number of allylic oxidation sites excluding steroid dienone is 2. The zero-order valence-corrected chi connectivity index (χ0v) is 18.7. The Kier molecular flexibility index (Phi) is 5.53. The van der Waals surface area contributed by atoms with E-state index in [1.54, 1.807) is 0 Å². The number of dihydropyridines is 1. The lowest BCUT2D eigenvalue weighted by molar-refractivity contribution is 0.585. The normalized spacial score (nSPS) is 18.5. The monoisotopic (exact) mass is 425 g/mol. The lowest BCUT2D eigenvalue weighted by Gasteiger charge is -2.25. The number of fused-ring (bicyclic) bond motifs is 1. The minimum absolute atomic E-state index is 0.143. The van der Waals surface area contributed by atoms with E-state index in [9.17, 15) is 8.78 Å². The van der Waals surface area contributed by atoms with Crippen molar-refractivity contribution >= 4 is 28.3 Å². The molecular weight excluding hydrogens is 400 g/mol. The maximum absolute atomic E-state index is 14.3. The van der Waals surface area contributed by atoms with Gasteiger partial charge in [-0.25, -0.2) is 13.8 Å². The van der Waals surface area contributed by atoms with Crippen LogP contribution in [-0.2, 0) is 0 Å². The molecule has 4 rings (SSSR count). The predicted octanol–water partition coefficient (Wildman–Crippen LogP) is 6.79. The minimum atomic E-state index is -0.602. The number of hydrogen-bond donors (Lipinski definition) is 0. The van der Waals surface area contributed by atoms with Gasteiger partial charge >= 0.3 is 0 Å². The molecule has 3 heterocycles. The molecule has 156 valence electrons. The number of aryl methyl sites for hydroxylation is 1. The molecule has 0 saturated carbocycles. The average molecular weight is 426 g/mol. The lowest BCUT2D eigenvalue weighted by Crippen LogP contribution is -2.28. The van der Waals surface area contributed by atoms with E-state index in [0.717, 1.165) is 52.2 Å². The van der Waals surface area contributed by atoms with Crippen LogP contribution in [0, 0.1) is 24.5 Å². The number of rotatable bonds is 5. The Labute approximate surface area is 180 Å². The highest BCUT2D eigenvalue weighted by Crippen LogP contribution is 2.43. The molecule has 30 heavy (non-hydrogen) atoms. The Balaban J connectivity index is 1.76. The SMILES string of the molecule is CCC(CC)C1=CC(C)=NC2C1=NC(C)=C2c1sc(-c2ccc(F)cc2F)nc1C. The maximum atomic E-state index is 14.3. The molecular formula is C24H25F2N3S. The van der Waals surface area contributed by atoms with Gasteiger partial charge in [0.2, 0.25) is 0 Å². The van der Waals surface area contributed by atoms with Crippen LogP contribution in [0.1, 0.15) is 51.1 Å². The number of halogens is 2. The van der Waals surface area contributed by atoms with Crippen LogP contribution in [0.2, 0.25) is 0 Å². The van der Waals surface area contributed by atoms with E-state index in [2.05, 4.69) is 24.9 Å². The molecule has 0 aliphatic carbocycles. The molecule has 3 nitrogen and oxygen atoms in total. The summed E-state index contributed by atoms with van der Waals surface area (Å²) in [5, 5.41) is 0.543. The Morgan fingerprint density at radius 1 is 1.10 bits per heavy atom. The summed E-state index contributed by atoms with van der Waals surface area (Å²) in [7, 11) is 0. The van der Waals surface area contributed by atoms with Crippen LogP contribution in [0.5, 0.6) is 0 Å². The fourth-order valence-corrected chi connectivity index (χ4v) is 5.51. The van der Waals surface area contributed by atoms with Gasteiger partial charge in [0.1, 0.15) is 22.7 Å². The van der Waals surface area contributed by atoms with Crippen molar-refractivity contribution in [3.05, 3.63) is 57.8 Å². The number of aliphatic imine (C=N–C) groups is 2. The van der Waals surface area contributed by atoms with Crippen molar-refractivity contribution in [1.29, 1.82) is 0 Å². The molecule has 0 N–H and O–H groups in total. The molecule has 6 heteroatoms. The van der Waals surface area contributed by atoms with Gasteiger partial charge in [-0.15, -0.1) is 11.3 Å². The number of nitrogens with zero attached hydrogens (tertiary/aromatic N) is 3. The van der Waals surface area contributed by atoms with E-state index in [4.69, 9.17) is 9.98 Å². The Morgan fingerprint density at radius 2 is 1.83 bits per heavy atom.